The zero-order chi connectivity index (χ0) is 11.8. The molecule has 1 heterocycles. The second-order valence-corrected chi connectivity index (χ2v) is 4.95. The number of aryl methyl sites for hydroxylation is 1. The van der Waals surface area contributed by atoms with Crippen molar-refractivity contribution < 1.29 is 0 Å². The number of benzene rings is 1. The van der Waals surface area contributed by atoms with Gasteiger partial charge < -0.3 is 5.32 Å². The summed E-state index contributed by atoms with van der Waals surface area (Å²) in [5, 5.41) is 14.4. The van der Waals surface area contributed by atoms with Crippen LogP contribution < -0.4 is 5.32 Å². The lowest BCUT2D eigenvalue weighted by molar-refractivity contribution is 0.689. The van der Waals surface area contributed by atoms with Crippen LogP contribution in [-0.2, 0) is 0 Å². The second-order valence-electron chi connectivity index (χ2n) is 4.95. The number of nitrogens with one attached hydrogen (secondary N) is 1. The van der Waals surface area contributed by atoms with E-state index >= 15 is 0 Å². The van der Waals surface area contributed by atoms with E-state index in [-0.39, 0.29) is 0 Å². The van der Waals surface area contributed by atoms with Crippen LogP contribution in [0.25, 0.3) is 10.8 Å². The molecule has 1 aliphatic carbocycles. The Kier molecular flexibility index (Phi) is 2.46. The normalized spacial score (nSPS) is 17.1. The van der Waals surface area contributed by atoms with Crippen LogP contribution in [0.5, 0.6) is 0 Å². The van der Waals surface area contributed by atoms with Crippen LogP contribution in [0.2, 0.25) is 0 Å². The van der Waals surface area contributed by atoms with E-state index in [1.807, 2.05) is 13.0 Å². The zero-order valence-electron chi connectivity index (χ0n) is 10.3. The molecule has 0 amide bonds. The van der Waals surface area contributed by atoms with Crippen LogP contribution in [0.1, 0.15) is 25.5 Å². The molecule has 1 N–H and O–H groups in total. The van der Waals surface area contributed by atoms with Crippen molar-refractivity contribution in [1.29, 1.82) is 0 Å². The van der Waals surface area contributed by atoms with Crippen molar-refractivity contribution in [1.82, 2.24) is 10.2 Å². The molecule has 3 heteroatoms. The quantitative estimate of drug-likeness (QED) is 0.875. The molecule has 1 atom stereocenters. The van der Waals surface area contributed by atoms with Gasteiger partial charge in [-0.25, -0.2) is 0 Å². The molecule has 17 heavy (non-hydrogen) atoms. The van der Waals surface area contributed by atoms with Gasteiger partial charge in [-0.05, 0) is 32.6 Å². The molecular weight excluding hydrogens is 210 g/mol. The number of rotatable bonds is 3. The molecule has 0 radical (unpaired) electrons. The third-order valence-electron chi connectivity index (χ3n) is 3.57. The molecule has 1 aliphatic rings. The molecule has 1 aromatic carbocycles. The van der Waals surface area contributed by atoms with E-state index in [1.54, 1.807) is 0 Å². The van der Waals surface area contributed by atoms with Crippen LogP contribution in [-0.4, -0.2) is 16.2 Å². The van der Waals surface area contributed by atoms with Gasteiger partial charge in [-0.15, -0.1) is 5.10 Å². The molecule has 3 nitrogen and oxygen atoms in total. The SMILES string of the molecule is Cc1nnc(NC(C)C2CC2)c2ccccc12. The number of hydrogen-bond donors (Lipinski definition) is 1. The number of aromatic nitrogens is 2. The predicted molar refractivity (Wildman–Crippen MR) is 70.1 cm³/mol. The van der Waals surface area contributed by atoms with Gasteiger partial charge in [0.05, 0.1) is 5.69 Å². The fourth-order valence-electron chi connectivity index (χ4n) is 2.27. The first-order valence-electron chi connectivity index (χ1n) is 6.24. The van der Waals surface area contributed by atoms with Gasteiger partial charge >= 0.3 is 0 Å². The van der Waals surface area contributed by atoms with Crippen LogP contribution >= 0.6 is 0 Å². The van der Waals surface area contributed by atoms with Crippen molar-refractivity contribution in [2.24, 2.45) is 5.92 Å². The third kappa shape index (κ3) is 1.97. The lowest BCUT2D eigenvalue weighted by Gasteiger charge is -2.15. The average Bonchev–Trinajstić information content (AvgIpc) is 3.17. The van der Waals surface area contributed by atoms with Gasteiger partial charge in [0.15, 0.2) is 5.82 Å². The van der Waals surface area contributed by atoms with Crippen LogP contribution in [0.15, 0.2) is 24.3 Å². The maximum Gasteiger partial charge on any atom is 0.156 e. The van der Waals surface area contributed by atoms with Crippen molar-refractivity contribution in [3.8, 4) is 0 Å². The van der Waals surface area contributed by atoms with Crippen molar-refractivity contribution in [3.63, 3.8) is 0 Å². The molecule has 0 spiro atoms. The maximum absolute atomic E-state index is 4.30. The topological polar surface area (TPSA) is 37.8 Å². The summed E-state index contributed by atoms with van der Waals surface area (Å²) in [6.45, 7) is 4.23. The summed E-state index contributed by atoms with van der Waals surface area (Å²) in [5.74, 6) is 1.74. The van der Waals surface area contributed by atoms with Gasteiger partial charge in [0.25, 0.3) is 0 Å². The van der Waals surface area contributed by atoms with Crippen molar-refractivity contribution in [2.75, 3.05) is 5.32 Å². The van der Waals surface area contributed by atoms with Gasteiger partial charge in [0, 0.05) is 16.8 Å². The maximum atomic E-state index is 4.30. The fraction of sp³-hybridized carbons (Fsp3) is 0.429. The Morgan fingerprint density at radius 3 is 2.59 bits per heavy atom. The highest BCUT2D eigenvalue weighted by Crippen LogP contribution is 2.34. The summed E-state index contributed by atoms with van der Waals surface area (Å²) in [4.78, 5) is 0. The molecule has 1 unspecified atom stereocenters. The number of fused-ring (bicyclic) bond motifs is 1. The van der Waals surface area contributed by atoms with E-state index in [0.29, 0.717) is 6.04 Å². The standard InChI is InChI=1S/C14H17N3/c1-9(11-7-8-11)15-14-13-6-4-3-5-12(13)10(2)16-17-14/h3-6,9,11H,7-8H2,1-2H3,(H,15,17). The Bertz CT molecular complexity index is 546. The number of anilines is 1. The van der Waals surface area contributed by atoms with Crippen LogP contribution in [0.4, 0.5) is 5.82 Å². The zero-order valence-corrected chi connectivity index (χ0v) is 10.3. The molecule has 1 fully saturated rings. The van der Waals surface area contributed by atoms with Gasteiger partial charge in [0.2, 0.25) is 0 Å². The van der Waals surface area contributed by atoms with E-state index < -0.39 is 0 Å². The first-order valence-corrected chi connectivity index (χ1v) is 6.24. The molecule has 3 rings (SSSR count). The first-order chi connectivity index (χ1) is 8.25. The molecule has 88 valence electrons. The first kappa shape index (κ1) is 10.5. The molecule has 0 bridgehead atoms. The molecule has 1 saturated carbocycles. The summed E-state index contributed by atoms with van der Waals surface area (Å²) in [6.07, 6.45) is 2.68. The molecule has 0 saturated heterocycles. The second kappa shape index (κ2) is 3.99. The van der Waals surface area contributed by atoms with Crippen molar-refractivity contribution in [2.45, 2.75) is 32.7 Å². The van der Waals surface area contributed by atoms with Crippen molar-refractivity contribution in [3.05, 3.63) is 30.0 Å². The Labute approximate surface area is 101 Å². The van der Waals surface area contributed by atoms with Crippen LogP contribution in [0.3, 0.4) is 0 Å². The van der Waals surface area contributed by atoms with Gasteiger partial charge in [-0.1, -0.05) is 24.3 Å². The number of nitrogens with zero attached hydrogens (tertiary/aromatic N) is 2. The third-order valence-corrected chi connectivity index (χ3v) is 3.57. The summed E-state index contributed by atoms with van der Waals surface area (Å²) in [6, 6.07) is 8.81. The molecule has 2 aromatic rings. The highest BCUT2D eigenvalue weighted by molar-refractivity contribution is 5.92. The summed E-state index contributed by atoms with van der Waals surface area (Å²) in [5.41, 5.74) is 0.991. The highest BCUT2D eigenvalue weighted by atomic mass is 15.2. The minimum absolute atomic E-state index is 0.496. The van der Waals surface area contributed by atoms with Gasteiger partial charge in [-0.3, -0.25) is 0 Å². The smallest absolute Gasteiger partial charge is 0.156 e. The van der Waals surface area contributed by atoms with Crippen LogP contribution in [0, 0.1) is 12.8 Å². The monoisotopic (exact) mass is 227 g/mol. The largest absolute Gasteiger partial charge is 0.365 e. The average molecular weight is 227 g/mol. The van der Waals surface area contributed by atoms with E-state index in [9.17, 15) is 0 Å². The molecule has 1 aromatic heterocycles. The minimum atomic E-state index is 0.496. The Morgan fingerprint density at radius 2 is 1.88 bits per heavy atom. The summed E-state index contributed by atoms with van der Waals surface area (Å²) in [7, 11) is 0. The molecule has 0 aliphatic heterocycles. The lowest BCUT2D eigenvalue weighted by Crippen LogP contribution is -2.18. The predicted octanol–water partition coefficient (Wildman–Crippen LogP) is 3.15. The van der Waals surface area contributed by atoms with E-state index in [4.69, 9.17) is 0 Å². The fourth-order valence-corrected chi connectivity index (χ4v) is 2.27. The minimum Gasteiger partial charge on any atom is -0.365 e. The van der Waals surface area contributed by atoms with E-state index in [1.165, 1.54) is 23.6 Å². The van der Waals surface area contributed by atoms with E-state index in [0.717, 1.165) is 17.4 Å². The van der Waals surface area contributed by atoms with Gasteiger partial charge in [-0.2, -0.15) is 5.10 Å². The highest BCUT2D eigenvalue weighted by Gasteiger charge is 2.28. The van der Waals surface area contributed by atoms with Gasteiger partial charge in [0.1, 0.15) is 0 Å². The summed E-state index contributed by atoms with van der Waals surface area (Å²) >= 11 is 0. The van der Waals surface area contributed by atoms with E-state index in [2.05, 4.69) is 40.6 Å². The van der Waals surface area contributed by atoms with Crippen molar-refractivity contribution >= 4 is 16.6 Å². The Morgan fingerprint density at radius 1 is 1.18 bits per heavy atom. The Balaban J connectivity index is 2.01. The summed E-state index contributed by atoms with van der Waals surface area (Å²) < 4.78 is 0. The molecular formula is C14H17N3. The lowest BCUT2D eigenvalue weighted by atomic mass is 10.1. The number of hydrogen-bond acceptors (Lipinski definition) is 3. The Hall–Kier alpha value is -1.64.